The highest BCUT2D eigenvalue weighted by Gasteiger charge is 2.11. The summed E-state index contributed by atoms with van der Waals surface area (Å²) in [5.74, 6) is 0. The lowest BCUT2D eigenvalue weighted by Crippen LogP contribution is -2.17. The Hall–Kier alpha value is -0.290. The second kappa shape index (κ2) is 4.98. The van der Waals surface area contributed by atoms with Gasteiger partial charge in [-0.2, -0.15) is 0 Å². The smallest absolute Gasteiger partial charge is 0.0656 e. The lowest BCUT2D eigenvalue weighted by Gasteiger charge is -2.14. The fourth-order valence-corrected chi connectivity index (χ4v) is 1.70. The van der Waals surface area contributed by atoms with Crippen molar-refractivity contribution in [1.82, 2.24) is 0 Å². The Morgan fingerprint density at radius 3 is 2.79 bits per heavy atom. The summed E-state index contributed by atoms with van der Waals surface area (Å²) in [6.45, 7) is 0.429. The molecule has 3 nitrogen and oxygen atoms in total. The molecular weight excluding hydrogens is 267 g/mol. The van der Waals surface area contributed by atoms with Crippen LogP contribution in [0.3, 0.4) is 0 Å². The number of nitrogens with two attached hydrogens (primary N) is 2. The van der Waals surface area contributed by atoms with E-state index < -0.39 is 0 Å². The van der Waals surface area contributed by atoms with Gasteiger partial charge in [0.05, 0.1) is 17.7 Å². The molecule has 0 saturated heterocycles. The van der Waals surface area contributed by atoms with Crippen LogP contribution in [0.4, 0.5) is 5.69 Å². The number of benzene rings is 1. The Kier molecular flexibility index (Phi) is 4.19. The van der Waals surface area contributed by atoms with Gasteiger partial charge in [0.15, 0.2) is 0 Å². The van der Waals surface area contributed by atoms with Gasteiger partial charge in [-0.1, -0.05) is 11.6 Å². The van der Waals surface area contributed by atoms with E-state index in [1.165, 1.54) is 0 Å². The number of hydrogen-bond donors (Lipinski definition) is 2. The fourth-order valence-electron chi connectivity index (χ4n) is 1.17. The molecule has 0 aromatic heterocycles. The SMILES string of the molecule is COCC(N)c1cc(Br)c(Cl)cc1N. The van der Waals surface area contributed by atoms with Gasteiger partial charge < -0.3 is 16.2 Å². The molecule has 0 aliphatic carbocycles. The van der Waals surface area contributed by atoms with Crippen LogP contribution in [0.25, 0.3) is 0 Å². The van der Waals surface area contributed by atoms with E-state index in [1.54, 1.807) is 13.2 Å². The van der Waals surface area contributed by atoms with Crippen LogP contribution in [0.5, 0.6) is 0 Å². The van der Waals surface area contributed by atoms with Crippen LogP contribution < -0.4 is 11.5 Å². The molecule has 1 rings (SSSR count). The summed E-state index contributed by atoms with van der Waals surface area (Å²) in [5.41, 5.74) is 13.1. The summed E-state index contributed by atoms with van der Waals surface area (Å²) in [5, 5.41) is 0.580. The average Bonchev–Trinajstić information content (AvgIpc) is 2.11. The van der Waals surface area contributed by atoms with Gasteiger partial charge in [-0.05, 0) is 33.6 Å². The van der Waals surface area contributed by atoms with Crippen LogP contribution >= 0.6 is 27.5 Å². The van der Waals surface area contributed by atoms with Crippen molar-refractivity contribution in [3.63, 3.8) is 0 Å². The van der Waals surface area contributed by atoms with Crippen LogP contribution in [0.15, 0.2) is 16.6 Å². The first-order valence-electron chi connectivity index (χ1n) is 4.05. The van der Waals surface area contributed by atoms with Gasteiger partial charge in [0.25, 0.3) is 0 Å². The van der Waals surface area contributed by atoms with E-state index in [2.05, 4.69) is 15.9 Å². The van der Waals surface area contributed by atoms with Crippen molar-refractivity contribution in [2.24, 2.45) is 5.73 Å². The molecule has 0 bridgehead atoms. The van der Waals surface area contributed by atoms with Crippen molar-refractivity contribution < 1.29 is 4.74 Å². The van der Waals surface area contributed by atoms with Crippen LogP contribution in [0.2, 0.25) is 5.02 Å². The van der Waals surface area contributed by atoms with Gasteiger partial charge in [-0.3, -0.25) is 0 Å². The van der Waals surface area contributed by atoms with Crippen molar-refractivity contribution >= 4 is 33.2 Å². The Bertz CT molecular complexity index is 333. The summed E-state index contributed by atoms with van der Waals surface area (Å²) < 4.78 is 5.74. The maximum absolute atomic E-state index is 5.87. The summed E-state index contributed by atoms with van der Waals surface area (Å²) in [6, 6.07) is 3.27. The molecule has 0 aliphatic rings. The molecule has 1 unspecified atom stereocenters. The van der Waals surface area contributed by atoms with Crippen molar-refractivity contribution in [2.45, 2.75) is 6.04 Å². The van der Waals surface area contributed by atoms with Gasteiger partial charge in [0.2, 0.25) is 0 Å². The quantitative estimate of drug-likeness (QED) is 0.835. The Labute approximate surface area is 96.5 Å². The third-order valence-electron chi connectivity index (χ3n) is 1.87. The maximum Gasteiger partial charge on any atom is 0.0656 e. The molecule has 5 heteroatoms. The van der Waals surface area contributed by atoms with E-state index in [0.717, 1.165) is 10.0 Å². The van der Waals surface area contributed by atoms with Crippen molar-refractivity contribution in [1.29, 1.82) is 0 Å². The Balaban J connectivity index is 3.02. The molecule has 4 N–H and O–H groups in total. The first-order chi connectivity index (χ1) is 6.56. The van der Waals surface area contributed by atoms with Gasteiger partial charge in [-0.25, -0.2) is 0 Å². The molecule has 0 spiro atoms. The van der Waals surface area contributed by atoms with E-state index >= 15 is 0 Å². The second-order valence-corrected chi connectivity index (χ2v) is 4.22. The summed E-state index contributed by atoms with van der Waals surface area (Å²) in [7, 11) is 1.60. The molecule has 1 aromatic carbocycles. The Morgan fingerprint density at radius 1 is 1.57 bits per heavy atom. The molecule has 78 valence electrons. The number of hydrogen-bond acceptors (Lipinski definition) is 3. The predicted octanol–water partition coefficient (Wildman–Crippen LogP) is 2.33. The van der Waals surface area contributed by atoms with E-state index in [1.807, 2.05) is 6.07 Å². The van der Waals surface area contributed by atoms with Crippen LogP contribution in [0.1, 0.15) is 11.6 Å². The number of anilines is 1. The second-order valence-electron chi connectivity index (χ2n) is 2.96. The molecule has 0 amide bonds. The minimum atomic E-state index is -0.228. The molecule has 1 aromatic rings. The first kappa shape index (κ1) is 11.8. The summed E-state index contributed by atoms with van der Waals surface area (Å²) in [6.07, 6.45) is 0. The number of rotatable bonds is 3. The van der Waals surface area contributed by atoms with Gasteiger partial charge in [0, 0.05) is 17.3 Å². The normalized spacial score (nSPS) is 12.9. The number of nitrogen functional groups attached to an aromatic ring is 1. The highest BCUT2D eigenvalue weighted by molar-refractivity contribution is 9.10. The minimum Gasteiger partial charge on any atom is -0.398 e. The largest absolute Gasteiger partial charge is 0.398 e. The highest BCUT2D eigenvalue weighted by Crippen LogP contribution is 2.30. The Morgan fingerprint density at radius 2 is 2.21 bits per heavy atom. The standard InChI is InChI=1S/C9H12BrClN2O/c1-14-4-9(13)5-2-6(10)7(11)3-8(5)12/h2-3,9H,4,12-13H2,1H3. The zero-order chi connectivity index (χ0) is 10.7. The van der Waals surface area contributed by atoms with Crippen molar-refractivity contribution in [3.8, 4) is 0 Å². The third kappa shape index (κ3) is 2.60. The van der Waals surface area contributed by atoms with Gasteiger partial charge in [-0.15, -0.1) is 0 Å². The lowest BCUT2D eigenvalue weighted by atomic mass is 10.1. The molecule has 1 atom stereocenters. The topological polar surface area (TPSA) is 61.3 Å². The monoisotopic (exact) mass is 278 g/mol. The highest BCUT2D eigenvalue weighted by atomic mass is 79.9. The lowest BCUT2D eigenvalue weighted by molar-refractivity contribution is 0.181. The zero-order valence-corrected chi connectivity index (χ0v) is 10.1. The van der Waals surface area contributed by atoms with Crippen LogP contribution in [-0.2, 0) is 4.74 Å². The van der Waals surface area contributed by atoms with E-state index in [-0.39, 0.29) is 6.04 Å². The average molecular weight is 280 g/mol. The number of methoxy groups -OCH3 is 1. The molecular formula is C9H12BrClN2O. The number of halogens is 2. The van der Waals surface area contributed by atoms with E-state index in [4.69, 9.17) is 27.8 Å². The molecule has 0 heterocycles. The molecule has 0 fully saturated rings. The maximum atomic E-state index is 5.87. The zero-order valence-electron chi connectivity index (χ0n) is 7.76. The molecule has 0 saturated carbocycles. The van der Waals surface area contributed by atoms with E-state index in [9.17, 15) is 0 Å². The van der Waals surface area contributed by atoms with E-state index in [0.29, 0.717) is 17.3 Å². The van der Waals surface area contributed by atoms with Gasteiger partial charge in [0.1, 0.15) is 0 Å². The van der Waals surface area contributed by atoms with Gasteiger partial charge >= 0.3 is 0 Å². The van der Waals surface area contributed by atoms with Crippen LogP contribution in [-0.4, -0.2) is 13.7 Å². The summed E-state index contributed by atoms with van der Waals surface area (Å²) in [4.78, 5) is 0. The minimum absolute atomic E-state index is 0.228. The third-order valence-corrected chi connectivity index (χ3v) is 3.07. The summed E-state index contributed by atoms with van der Waals surface area (Å²) >= 11 is 9.18. The molecule has 14 heavy (non-hydrogen) atoms. The fraction of sp³-hybridized carbons (Fsp3) is 0.333. The predicted molar refractivity (Wildman–Crippen MR) is 62.4 cm³/mol. The van der Waals surface area contributed by atoms with Crippen molar-refractivity contribution in [3.05, 3.63) is 27.2 Å². The first-order valence-corrected chi connectivity index (χ1v) is 5.22. The number of ether oxygens (including phenoxy) is 1. The molecule has 0 aliphatic heterocycles. The van der Waals surface area contributed by atoms with Crippen LogP contribution in [0, 0.1) is 0 Å². The van der Waals surface area contributed by atoms with Crippen molar-refractivity contribution in [2.75, 3.05) is 19.5 Å². The molecule has 0 radical (unpaired) electrons.